The van der Waals surface area contributed by atoms with E-state index in [0.717, 1.165) is 11.1 Å². The predicted octanol–water partition coefficient (Wildman–Crippen LogP) is 3.33. The monoisotopic (exact) mass is 342 g/mol. The Morgan fingerprint density at radius 3 is 2.71 bits per heavy atom. The molecule has 0 saturated heterocycles. The van der Waals surface area contributed by atoms with Crippen molar-refractivity contribution < 1.29 is 14.3 Å². The molecule has 0 atom stereocenters. The molecule has 1 aromatic carbocycles. The third-order valence-corrected chi connectivity index (χ3v) is 4.31. The van der Waals surface area contributed by atoms with Gasteiger partial charge in [-0.1, -0.05) is 42.1 Å². The van der Waals surface area contributed by atoms with E-state index in [2.05, 4.69) is 9.97 Å². The summed E-state index contributed by atoms with van der Waals surface area (Å²) in [4.78, 5) is 29.9. The number of furan rings is 1. The van der Waals surface area contributed by atoms with E-state index in [1.54, 1.807) is 6.92 Å². The number of carboxylic acids is 1. The highest BCUT2D eigenvalue weighted by Crippen LogP contribution is 2.25. The van der Waals surface area contributed by atoms with Gasteiger partial charge in [-0.15, -0.1) is 0 Å². The number of benzene rings is 1. The molecular formula is C17H14N2O4S. The summed E-state index contributed by atoms with van der Waals surface area (Å²) >= 11 is 1.32. The van der Waals surface area contributed by atoms with Crippen LogP contribution in [0.5, 0.6) is 0 Å². The van der Waals surface area contributed by atoms with Crippen molar-refractivity contribution in [3.63, 3.8) is 0 Å². The zero-order valence-electron chi connectivity index (χ0n) is 12.8. The van der Waals surface area contributed by atoms with Gasteiger partial charge < -0.3 is 14.5 Å². The first kappa shape index (κ1) is 16.1. The van der Waals surface area contributed by atoms with Gasteiger partial charge in [0, 0.05) is 22.9 Å². The van der Waals surface area contributed by atoms with Crippen molar-refractivity contribution >= 4 is 17.7 Å². The highest BCUT2D eigenvalue weighted by molar-refractivity contribution is 7.98. The van der Waals surface area contributed by atoms with Crippen molar-refractivity contribution in [3.8, 4) is 11.3 Å². The Hall–Kier alpha value is -2.80. The lowest BCUT2D eigenvalue weighted by molar-refractivity contribution is 0.0661. The predicted molar refractivity (Wildman–Crippen MR) is 90.3 cm³/mol. The lowest BCUT2D eigenvalue weighted by Crippen LogP contribution is -2.08. The topological polar surface area (TPSA) is 96.2 Å². The number of thioether (sulfide) groups is 1. The van der Waals surface area contributed by atoms with E-state index in [1.807, 2.05) is 30.3 Å². The number of hydrogen-bond donors (Lipinski definition) is 2. The highest BCUT2D eigenvalue weighted by Gasteiger charge is 2.14. The second kappa shape index (κ2) is 6.76. The first-order chi connectivity index (χ1) is 11.5. The minimum atomic E-state index is -1.10. The summed E-state index contributed by atoms with van der Waals surface area (Å²) in [7, 11) is 0. The van der Waals surface area contributed by atoms with E-state index in [9.17, 15) is 9.59 Å². The minimum Gasteiger partial charge on any atom is -0.475 e. The number of nitrogens with one attached hydrogen (secondary N) is 1. The first-order valence-electron chi connectivity index (χ1n) is 7.15. The number of carboxylic acid groups (broad SMARTS) is 1. The molecule has 7 heteroatoms. The van der Waals surface area contributed by atoms with Gasteiger partial charge in [0.15, 0.2) is 5.16 Å². The SMILES string of the molecule is Cc1oc(C(=O)O)cc1CSc1nc(-c2ccccc2)cc(=O)[nH]1. The normalized spacial score (nSPS) is 10.7. The summed E-state index contributed by atoms with van der Waals surface area (Å²) in [5.41, 5.74) is 1.97. The Morgan fingerprint density at radius 1 is 1.29 bits per heavy atom. The van der Waals surface area contributed by atoms with Crippen molar-refractivity contribution in [2.75, 3.05) is 0 Å². The summed E-state index contributed by atoms with van der Waals surface area (Å²) in [6.45, 7) is 1.71. The van der Waals surface area contributed by atoms with Gasteiger partial charge in [-0.05, 0) is 13.0 Å². The van der Waals surface area contributed by atoms with Crippen LogP contribution < -0.4 is 5.56 Å². The van der Waals surface area contributed by atoms with Gasteiger partial charge in [-0.25, -0.2) is 9.78 Å². The minimum absolute atomic E-state index is 0.0948. The molecule has 3 aromatic rings. The maximum Gasteiger partial charge on any atom is 0.371 e. The van der Waals surface area contributed by atoms with Gasteiger partial charge >= 0.3 is 5.97 Å². The molecule has 24 heavy (non-hydrogen) atoms. The van der Waals surface area contributed by atoms with Crippen molar-refractivity contribution in [2.24, 2.45) is 0 Å². The molecule has 0 aliphatic carbocycles. The number of nitrogens with zero attached hydrogens (tertiary/aromatic N) is 1. The van der Waals surface area contributed by atoms with E-state index in [0.29, 0.717) is 22.4 Å². The molecule has 0 unspecified atom stereocenters. The zero-order valence-corrected chi connectivity index (χ0v) is 13.6. The van der Waals surface area contributed by atoms with Crippen LogP contribution in [0.4, 0.5) is 0 Å². The van der Waals surface area contributed by atoms with Crippen LogP contribution in [0.25, 0.3) is 11.3 Å². The van der Waals surface area contributed by atoms with Crippen LogP contribution in [0, 0.1) is 6.92 Å². The molecule has 0 bridgehead atoms. The number of aromatic amines is 1. The second-order valence-corrected chi connectivity index (χ2v) is 6.05. The molecule has 6 nitrogen and oxygen atoms in total. The van der Waals surface area contributed by atoms with Crippen LogP contribution >= 0.6 is 11.8 Å². The molecular weight excluding hydrogens is 328 g/mol. The largest absolute Gasteiger partial charge is 0.475 e. The Balaban J connectivity index is 1.82. The molecule has 0 radical (unpaired) electrons. The standard InChI is InChI=1S/C17H14N2O4S/c1-10-12(7-14(23-10)16(21)22)9-24-17-18-13(8-15(20)19-17)11-5-3-2-4-6-11/h2-8H,9H2,1H3,(H,21,22)(H,18,19,20). The number of aryl methyl sites for hydroxylation is 1. The Kier molecular flexibility index (Phi) is 4.52. The van der Waals surface area contributed by atoms with E-state index in [-0.39, 0.29) is 11.3 Å². The molecule has 2 aromatic heterocycles. The molecule has 0 amide bonds. The quantitative estimate of drug-likeness (QED) is 0.545. The van der Waals surface area contributed by atoms with E-state index in [4.69, 9.17) is 9.52 Å². The van der Waals surface area contributed by atoms with Crippen LogP contribution in [0.3, 0.4) is 0 Å². The molecule has 0 fully saturated rings. The van der Waals surface area contributed by atoms with Gasteiger partial charge in [0.1, 0.15) is 5.76 Å². The fraction of sp³-hybridized carbons (Fsp3) is 0.118. The average Bonchev–Trinajstić information content (AvgIpc) is 2.95. The van der Waals surface area contributed by atoms with Crippen LogP contribution in [0.2, 0.25) is 0 Å². The molecule has 2 heterocycles. The zero-order chi connectivity index (χ0) is 17.1. The third-order valence-electron chi connectivity index (χ3n) is 3.39. The average molecular weight is 342 g/mol. The van der Waals surface area contributed by atoms with E-state index >= 15 is 0 Å². The number of rotatable bonds is 5. The maximum absolute atomic E-state index is 11.9. The van der Waals surface area contributed by atoms with Crippen molar-refractivity contribution in [2.45, 2.75) is 17.8 Å². The van der Waals surface area contributed by atoms with E-state index < -0.39 is 5.97 Å². The lowest BCUT2D eigenvalue weighted by Gasteiger charge is -2.04. The Bertz CT molecular complexity index is 931. The summed E-state index contributed by atoms with van der Waals surface area (Å²) < 4.78 is 5.18. The number of hydrogen-bond acceptors (Lipinski definition) is 5. The van der Waals surface area contributed by atoms with Gasteiger partial charge in [0.05, 0.1) is 5.69 Å². The fourth-order valence-electron chi connectivity index (χ4n) is 2.18. The third kappa shape index (κ3) is 3.57. The van der Waals surface area contributed by atoms with Crippen molar-refractivity contribution in [3.05, 3.63) is 69.9 Å². The van der Waals surface area contributed by atoms with Crippen LogP contribution in [-0.2, 0) is 5.75 Å². The van der Waals surface area contributed by atoms with Crippen molar-refractivity contribution in [1.29, 1.82) is 0 Å². The molecule has 0 spiro atoms. The molecule has 122 valence electrons. The van der Waals surface area contributed by atoms with Crippen LogP contribution in [0.1, 0.15) is 21.9 Å². The lowest BCUT2D eigenvalue weighted by atomic mass is 10.1. The molecule has 3 rings (SSSR count). The highest BCUT2D eigenvalue weighted by atomic mass is 32.2. The van der Waals surface area contributed by atoms with Gasteiger partial charge in [0.2, 0.25) is 5.76 Å². The first-order valence-corrected chi connectivity index (χ1v) is 8.13. The van der Waals surface area contributed by atoms with Crippen molar-refractivity contribution in [1.82, 2.24) is 9.97 Å². The van der Waals surface area contributed by atoms with Gasteiger partial charge in [0.25, 0.3) is 5.56 Å². The summed E-state index contributed by atoms with van der Waals surface area (Å²) in [6.07, 6.45) is 0. The van der Waals surface area contributed by atoms with Crippen LogP contribution in [-0.4, -0.2) is 21.0 Å². The summed E-state index contributed by atoms with van der Waals surface area (Å²) in [5.74, 6) is -0.208. The number of aromatic nitrogens is 2. The molecule has 0 saturated carbocycles. The summed E-state index contributed by atoms with van der Waals surface area (Å²) in [5, 5.41) is 9.42. The second-order valence-electron chi connectivity index (χ2n) is 5.09. The molecule has 2 N–H and O–H groups in total. The van der Waals surface area contributed by atoms with Gasteiger partial charge in [-0.3, -0.25) is 4.79 Å². The number of H-pyrrole nitrogens is 1. The summed E-state index contributed by atoms with van der Waals surface area (Å²) in [6, 6.07) is 12.4. The van der Waals surface area contributed by atoms with E-state index in [1.165, 1.54) is 23.9 Å². The number of aromatic carboxylic acids is 1. The fourth-order valence-corrected chi connectivity index (χ4v) is 3.09. The molecule has 0 aliphatic heterocycles. The maximum atomic E-state index is 11.9. The molecule has 0 aliphatic rings. The Labute approximate surface area is 141 Å². The number of carbonyl (C=O) groups is 1. The Morgan fingerprint density at radius 2 is 2.04 bits per heavy atom. The van der Waals surface area contributed by atoms with Crippen LogP contribution in [0.15, 0.2) is 56.8 Å². The smallest absolute Gasteiger partial charge is 0.371 e. The van der Waals surface area contributed by atoms with Gasteiger partial charge in [-0.2, -0.15) is 0 Å².